The molecular formula is C24H29N3O4S. The molecule has 0 saturated carbocycles. The van der Waals surface area contributed by atoms with Gasteiger partial charge in [-0.05, 0) is 47.9 Å². The van der Waals surface area contributed by atoms with Crippen LogP contribution in [-0.4, -0.2) is 58.3 Å². The summed E-state index contributed by atoms with van der Waals surface area (Å²) in [5.41, 5.74) is 1.77. The molecule has 2 aromatic carbocycles. The molecule has 0 aliphatic carbocycles. The second kappa shape index (κ2) is 9.21. The van der Waals surface area contributed by atoms with E-state index in [2.05, 4.69) is 11.0 Å². The van der Waals surface area contributed by atoms with Crippen molar-refractivity contribution in [2.45, 2.75) is 25.7 Å². The first-order valence-corrected chi connectivity index (χ1v) is 12.4. The molecule has 0 atom stereocenters. The van der Waals surface area contributed by atoms with Crippen LogP contribution >= 0.6 is 0 Å². The highest BCUT2D eigenvalue weighted by atomic mass is 32.2. The maximum Gasteiger partial charge on any atom is 0.257 e. The van der Waals surface area contributed by atoms with Crippen molar-refractivity contribution in [2.75, 3.05) is 43.9 Å². The van der Waals surface area contributed by atoms with Gasteiger partial charge in [-0.15, -0.1) is 0 Å². The molecule has 0 unspecified atom stereocenters. The number of nitrogens with zero attached hydrogens (tertiary/aromatic N) is 3. The normalized spacial score (nSPS) is 14.7. The number of hydrogen-bond acceptors (Lipinski definition) is 6. The van der Waals surface area contributed by atoms with Crippen LogP contribution in [0.2, 0.25) is 0 Å². The van der Waals surface area contributed by atoms with Gasteiger partial charge < -0.3 is 14.5 Å². The Kier molecular flexibility index (Phi) is 6.79. The molecule has 3 rings (SSSR count). The zero-order chi connectivity index (χ0) is 23.5. The number of carbonyl (C=O) groups is 1. The van der Waals surface area contributed by atoms with Crippen LogP contribution < -0.4 is 9.64 Å². The van der Waals surface area contributed by atoms with Crippen molar-refractivity contribution in [1.82, 2.24) is 4.90 Å². The molecular weight excluding hydrogens is 426 g/mol. The minimum absolute atomic E-state index is 0.0974. The third kappa shape index (κ3) is 5.80. The van der Waals surface area contributed by atoms with Gasteiger partial charge in [-0.2, -0.15) is 5.26 Å². The summed E-state index contributed by atoms with van der Waals surface area (Å²) in [5, 5.41) is 8.96. The van der Waals surface area contributed by atoms with E-state index in [0.717, 1.165) is 11.9 Å². The summed E-state index contributed by atoms with van der Waals surface area (Å²) in [7, 11) is -3.46. The van der Waals surface area contributed by atoms with Gasteiger partial charge in [0, 0.05) is 38.1 Å². The highest BCUT2D eigenvalue weighted by Gasteiger charge is 2.26. The number of anilines is 1. The van der Waals surface area contributed by atoms with Gasteiger partial charge in [0.15, 0.2) is 9.84 Å². The summed E-state index contributed by atoms with van der Waals surface area (Å²) < 4.78 is 30.0. The average Bonchev–Trinajstić information content (AvgIpc) is 2.76. The fourth-order valence-corrected chi connectivity index (χ4v) is 4.06. The molecule has 1 saturated heterocycles. The van der Waals surface area contributed by atoms with E-state index in [0.29, 0.717) is 44.1 Å². The number of amides is 1. The number of hydrogen-bond donors (Lipinski definition) is 0. The highest BCUT2D eigenvalue weighted by Crippen LogP contribution is 2.27. The topological polar surface area (TPSA) is 90.7 Å². The lowest BCUT2D eigenvalue weighted by Gasteiger charge is -2.36. The molecule has 7 nitrogen and oxygen atoms in total. The number of piperazine rings is 1. The van der Waals surface area contributed by atoms with Crippen LogP contribution in [0.25, 0.3) is 0 Å². The Morgan fingerprint density at radius 3 is 2.22 bits per heavy atom. The Morgan fingerprint density at radius 1 is 1.06 bits per heavy atom. The van der Waals surface area contributed by atoms with E-state index in [4.69, 9.17) is 10.00 Å². The summed E-state index contributed by atoms with van der Waals surface area (Å²) in [6.07, 6.45) is 1.13. The molecule has 0 N–H and O–H groups in total. The molecule has 0 aromatic heterocycles. The van der Waals surface area contributed by atoms with Gasteiger partial charge in [0.25, 0.3) is 5.91 Å². The molecule has 1 aliphatic rings. The van der Waals surface area contributed by atoms with E-state index in [1.165, 1.54) is 12.1 Å². The molecule has 170 valence electrons. The van der Waals surface area contributed by atoms with Crippen molar-refractivity contribution in [2.24, 2.45) is 5.41 Å². The molecule has 0 bridgehead atoms. The van der Waals surface area contributed by atoms with Crippen LogP contribution in [0.1, 0.15) is 36.7 Å². The third-order valence-electron chi connectivity index (χ3n) is 5.20. The highest BCUT2D eigenvalue weighted by molar-refractivity contribution is 7.90. The van der Waals surface area contributed by atoms with Crippen LogP contribution in [0, 0.1) is 16.7 Å². The number of ether oxygens (including phenoxy) is 1. The van der Waals surface area contributed by atoms with Crippen molar-refractivity contribution in [1.29, 1.82) is 5.26 Å². The molecule has 0 spiro atoms. The van der Waals surface area contributed by atoms with E-state index in [-0.39, 0.29) is 21.8 Å². The Bertz CT molecular complexity index is 1120. The van der Waals surface area contributed by atoms with Gasteiger partial charge in [0.05, 0.1) is 28.7 Å². The monoisotopic (exact) mass is 455 g/mol. The molecule has 32 heavy (non-hydrogen) atoms. The Morgan fingerprint density at radius 2 is 1.69 bits per heavy atom. The number of benzene rings is 2. The summed E-state index contributed by atoms with van der Waals surface area (Å²) in [4.78, 5) is 17.3. The smallest absolute Gasteiger partial charge is 0.257 e. The lowest BCUT2D eigenvalue weighted by molar-refractivity contribution is 0.0739. The van der Waals surface area contributed by atoms with E-state index in [1.54, 1.807) is 23.1 Å². The maximum absolute atomic E-state index is 13.3. The minimum atomic E-state index is -3.46. The van der Waals surface area contributed by atoms with Crippen LogP contribution in [0.5, 0.6) is 5.75 Å². The quantitative estimate of drug-likeness (QED) is 0.687. The van der Waals surface area contributed by atoms with Crippen molar-refractivity contribution in [3.05, 3.63) is 53.6 Å². The first kappa shape index (κ1) is 23.6. The summed E-state index contributed by atoms with van der Waals surface area (Å²) in [6.45, 7) is 8.77. The van der Waals surface area contributed by atoms with Gasteiger partial charge in [-0.25, -0.2) is 8.42 Å². The zero-order valence-electron chi connectivity index (χ0n) is 19.0. The number of nitriles is 1. The van der Waals surface area contributed by atoms with Crippen LogP contribution in [0.3, 0.4) is 0 Å². The largest absolute Gasteiger partial charge is 0.492 e. The fourth-order valence-electron chi connectivity index (χ4n) is 3.41. The molecule has 0 radical (unpaired) electrons. The summed E-state index contributed by atoms with van der Waals surface area (Å²) >= 11 is 0. The molecule has 1 heterocycles. The molecule has 1 aliphatic heterocycles. The first-order chi connectivity index (χ1) is 15.0. The van der Waals surface area contributed by atoms with Gasteiger partial charge in [0.2, 0.25) is 0 Å². The molecule has 2 aromatic rings. The first-order valence-electron chi connectivity index (χ1n) is 10.5. The van der Waals surface area contributed by atoms with Crippen molar-refractivity contribution in [3.63, 3.8) is 0 Å². The maximum atomic E-state index is 13.3. The van der Waals surface area contributed by atoms with E-state index in [9.17, 15) is 13.2 Å². The second-order valence-corrected chi connectivity index (χ2v) is 11.2. The Labute approximate surface area is 190 Å². The molecule has 1 amide bonds. The van der Waals surface area contributed by atoms with Gasteiger partial charge in [0.1, 0.15) is 5.75 Å². The lowest BCUT2D eigenvalue weighted by atomic mass is 9.98. The second-order valence-electron chi connectivity index (χ2n) is 9.22. The SMILES string of the molecule is CC(C)(C)COc1ccc(S(C)(=O)=O)cc1C(=O)N1CCN(c2ccc(C#N)cc2)CC1. The summed E-state index contributed by atoms with van der Waals surface area (Å²) in [6, 6.07) is 14.0. The molecule has 1 fully saturated rings. The van der Waals surface area contributed by atoms with Crippen LogP contribution in [-0.2, 0) is 9.84 Å². The van der Waals surface area contributed by atoms with Gasteiger partial charge >= 0.3 is 0 Å². The van der Waals surface area contributed by atoms with Gasteiger partial charge in [-0.1, -0.05) is 20.8 Å². The molecule has 8 heteroatoms. The number of rotatable bonds is 5. The van der Waals surface area contributed by atoms with Crippen molar-refractivity contribution >= 4 is 21.4 Å². The fraction of sp³-hybridized carbons (Fsp3) is 0.417. The Balaban J connectivity index is 1.79. The Hall–Kier alpha value is -3.05. The van der Waals surface area contributed by atoms with E-state index in [1.807, 2.05) is 32.9 Å². The predicted octanol–water partition coefficient (Wildman–Crippen LogP) is 3.35. The average molecular weight is 456 g/mol. The number of sulfone groups is 1. The predicted molar refractivity (Wildman–Crippen MR) is 124 cm³/mol. The van der Waals surface area contributed by atoms with E-state index < -0.39 is 9.84 Å². The zero-order valence-corrected chi connectivity index (χ0v) is 19.8. The number of carbonyl (C=O) groups excluding carboxylic acids is 1. The van der Waals surface area contributed by atoms with Crippen LogP contribution in [0.4, 0.5) is 5.69 Å². The van der Waals surface area contributed by atoms with Crippen molar-refractivity contribution < 1.29 is 17.9 Å². The summed E-state index contributed by atoms with van der Waals surface area (Å²) in [5.74, 6) is 0.158. The lowest BCUT2D eigenvalue weighted by Crippen LogP contribution is -2.48. The third-order valence-corrected chi connectivity index (χ3v) is 6.31. The standard InChI is InChI=1S/C24H29N3O4S/c1-24(2,3)17-31-22-10-9-20(32(4,29)30)15-21(22)23(28)27-13-11-26(12-14-27)19-7-5-18(16-25)6-8-19/h5-10,15H,11-14,17H2,1-4H3. The van der Waals surface area contributed by atoms with Crippen LogP contribution in [0.15, 0.2) is 47.4 Å². The van der Waals surface area contributed by atoms with E-state index >= 15 is 0 Å². The van der Waals surface area contributed by atoms with Crippen molar-refractivity contribution in [3.8, 4) is 11.8 Å². The minimum Gasteiger partial charge on any atom is -0.492 e. The van der Waals surface area contributed by atoms with Gasteiger partial charge in [-0.3, -0.25) is 4.79 Å².